The Kier molecular flexibility index (Phi) is 7.87. The van der Waals surface area contributed by atoms with Gasteiger partial charge in [-0.1, -0.05) is 25.4 Å². The van der Waals surface area contributed by atoms with Crippen LogP contribution in [0.2, 0.25) is 5.02 Å². The van der Waals surface area contributed by atoms with Crippen LogP contribution < -0.4 is 10.1 Å². The minimum atomic E-state index is 0.630. The Morgan fingerprint density at radius 1 is 1.26 bits per heavy atom. The lowest BCUT2D eigenvalue weighted by atomic mass is 10.2. The molecule has 19 heavy (non-hydrogen) atoms. The number of rotatable bonds is 9. The van der Waals surface area contributed by atoms with Gasteiger partial charge in [0, 0.05) is 37.3 Å². The fraction of sp³-hybridized carbons (Fsp3) is 0.600. The zero-order valence-electron chi connectivity index (χ0n) is 12.0. The van der Waals surface area contributed by atoms with E-state index in [1.54, 1.807) is 7.11 Å². The first-order chi connectivity index (χ1) is 9.13. The molecule has 0 aliphatic rings. The fourth-order valence-electron chi connectivity index (χ4n) is 1.71. The molecule has 4 heteroatoms. The van der Waals surface area contributed by atoms with Gasteiger partial charge in [0.1, 0.15) is 5.75 Å². The summed E-state index contributed by atoms with van der Waals surface area (Å²) in [6.45, 7) is 7.51. The first-order valence-electron chi connectivity index (χ1n) is 6.74. The van der Waals surface area contributed by atoms with E-state index < -0.39 is 0 Å². The summed E-state index contributed by atoms with van der Waals surface area (Å²) >= 11 is 6.04. The average molecular weight is 286 g/mol. The molecule has 0 aliphatic carbocycles. The van der Waals surface area contributed by atoms with Crippen LogP contribution in [-0.2, 0) is 11.3 Å². The minimum Gasteiger partial charge on any atom is -0.493 e. The van der Waals surface area contributed by atoms with Crippen molar-refractivity contribution in [1.82, 2.24) is 5.32 Å². The third-order valence-corrected chi connectivity index (χ3v) is 2.88. The van der Waals surface area contributed by atoms with E-state index in [0.717, 1.165) is 35.8 Å². The number of nitrogens with one attached hydrogen (secondary N) is 1. The molecule has 0 heterocycles. The number of benzene rings is 1. The Morgan fingerprint density at radius 2 is 2.05 bits per heavy atom. The summed E-state index contributed by atoms with van der Waals surface area (Å²) in [5.74, 6) is 1.53. The SMILES string of the molecule is COCCCOc1ccc(Cl)cc1CNCC(C)C. The van der Waals surface area contributed by atoms with Gasteiger partial charge in [-0.2, -0.15) is 0 Å². The summed E-state index contributed by atoms with van der Waals surface area (Å²) in [4.78, 5) is 0. The predicted molar refractivity (Wildman–Crippen MR) is 80.0 cm³/mol. The first kappa shape index (κ1) is 16.3. The Balaban J connectivity index is 2.53. The Bertz CT molecular complexity index is 369. The molecule has 1 N–H and O–H groups in total. The monoisotopic (exact) mass is 285 g/mol. The number of methoxy groups -OCH3 is 1. The number of ether oxygens (including phenoxy) is 2. The van der Waals surface area contributed by atoms with E-state index in [0.29, 0.717) is 19.1 Å². The van der Waals surface area contributed by atoms with Crippen molar-refractivity contribution in [2.45, 2.75) is 26.8 Å². The van der Waals surface area contributed by atoms with Crippen molar-refractivity contribution < 1.29 is 9.47 Å². The van der Waals surface area contributed by atoms with Crippen LogP contribution in [0, 0.1) is 5.92 Å². The largest absolute Gasteiger partial charge is 0.493 e. The molecule has 0 spiro atoms. The second-order valence-corrected chi connectivity index (χ2v) is 5.41. The molecule has 0 aliphatic heterocycles. The molecule has 1 aromatic carbocycles. The van der Waals surface area contributed by atoms with Crippen LogP contribution in [0.3, 0.4) is 0 Å². The van der Waals surface area contributed by atoms with Gasteiger partial charge in [-0.25, -0.2) is 0 Å². The molecule has 108 valence electrons. The van der Waals surface area contributed by atoms with E-state index in [2.05, 4.69) is 19.2 Å². The van der Waals surface area contributed by atoms with Gasteiger partial charge in [0.2, 0.25) is 0 Å². The maximum absolute atomic E-state index is 6.04. The molecule has 0 unspecified atom stereocenters. The van der Waals surface area contributed by atoms with Crippen molar-refractivity contribution in [3.63, 3.8) is 0 Å². The van der Waals surface area contributed by atoms with Crippen molar-refractivity contribution in [3.8, 4) is 5.75 Å². The Morgan fingerprint density at radius 3 is 2.74 bits per heavy atom. The highest BCUT2D eigenvalue weighted by atomic mass is 35.5. The van der Waals surface area contributed by atoms with Gasteiger partial charge in [0.25, 0.3) is 0 Å². The van der Waals surface area contributed by atoms with Gasteiger partial charge < -0.3 is 14.8 Å². The lowest BCUT2D eigenvalue weighted by Gasteiger charge is -2.13. The molecular formula is C15H24ClNO2. The molecule has 3 nitrogen and oxygen atoms in total. The van der Waals surface area contributed by atoms with Crippen LogP contribution in [0.5, 0.6) is 5.75 Å². The van der Waals surface area contributed by atoms with Crippen LogP contribution in [-0.4, -0.2) is 26.9 Å². The van der Waals surface area contributed by atoms with Gasteiger partial charge in [0.05, 0.1) is 6.61 Å². The minimum absolute atomic E-state index is 0.630. The maximum Gasteiger partial charge on any atom is 0.123 e. The third-order valence-electron chi connectivity index (χ3n) is 2.64. The summed E-state index contributed by atoms with van der Waals surface area (Å²) in [6.07, 6.45) is 0.887. The third kappa shape index (κ3) is 6.81. The predicted octanol–water partition coefficient (Wildman–Crippen LogP) is 3.50. The van der Waals surface area contributed by atoms with Crippen molar-refractivity contribution in [2.75, 3.05) is 26.9 Å². The van der Waals surface area contributed by atoms with Crippen molar-refractivity contribution >= 4 is 11.6 Å². The molecule has 0 atom stereocenters. The summed E-state index contributed by atoms with van der Waals surface area (Å²) in [6, 6.07) is 5.75. The molecule has 0 saturated heterocycles. The smallest absolute Gasteiger partial charge is 0.123 e. The van der Waals surface area contributed by atoms with Crippen molar-refractivity contribution in [3.05, 3.63) is 28.8 Å². The van der Waals surface area contributed by atoms with Crippen LogP contribution >= 0.6 is 11.6 Å². The molecule has 0 saturated carbocycles. The zero-order chi connectivity index (χ0) is 14.1. The average Bonchev–Trinajstić information content (AvgIpc) is 2.36. The fourth-order valence-corrected chi connectivity index (χ4v) is 1.90. The Labute approximate surface area is 121 Å². The molecule has 0 fully saturated rings. The highest BCUT2D eigenvalue weighted by Crippen LogP contribution is 2.23. The lowest BCUT2D eigenvalue weighted by molar-refractivity contribution is 0.171. The van der Waals surface area contributed by atoms with E-state index >= 15 is 0 Å². The zero-order valence-corrected chi connectivity index (χ0v) is 12.8. The van der Waals surface area contributed by atoms with E-state index in [-0.39, 0.29) is 0 Å². The standard InChI is InChI=1S/C15H24ClNO2/c1-12(2)10-17-11-13-9-14(16)5-6-15(13)19-8-4-7-18-3/h5-6,9,12,17H,4,7-8,10-11H2,1-3H3. The normalized spacial score (nSPS) is 11.0. The molecule has 0 bridgehead atoms. The second kappa shape index (κ2) is 9.18. The van der Waals surface area contributed by atoms with Crippen molar-refractivity contribution in [2.24, 2.45) is 5.92 Å². The van der Waals surface area contributed by atoms with Crippen molar-refractivity contribution in [1.29, 1.82) is 0 Å². The van der Waals surface area contributed by atoms with Crippen LogP contribution in [0.1, 0.15) is 25.8 Å². The molecule has 0 radical (unpaired) electrons. The van der Waals surface area contributed by atoms with E-state index in [1.165, 1.54) is 0 Å². The molecule has 0 aromatic heterocycles. The van der Waals surface area contributed by atoms with Gasteiger partial charge in [-0.3, -0.25) is 0 Å². The first-order valence-corrected chi connectivity index (χ1v) is 7.12. The van der Waals surface area contributed by atoms with Crippen LogP contribution in [0.25, 0.3) is 0 Å². The second-order valence-electron chi connectivity index (χ2n) is 4.97. The lowest BCUT2D eigenvalue weighted by Crippen LogP contribution is -2.19. The highest BCUT2D eigenvalue weighted by Gasteiger charge is 2.05. The summed E-state index contributed by atoms with van der Waals surface area (Å²) in [7, 11) is 1.70. The topological polar surface area (TPSA) is 30.5 Å². The number of hydrogen-bond donors (Lipinski definition) is 1. The quantitative estimate of drug-likeness (QED) is 0.705. The van der Waals surface area contributed by atoms with Crippen LogP contribution in [0.4, 0.5) is 0 Å². The highest BCUT2D eigenvalue weighted by molar-refractivity contribution is 6.30. The van der Waals surface area contributed by atoms with Gasteiger partial charge in [0.15, 0.2) is 0 Å². The summed E-state index contributed by atoms with van der Waals surface area (Å²) in [5.41, 5.74) is 1.10. The number of halogens is 1. The van der Waals surface area contributed by atoms with E-state index in [1.807, 2.05) is 18.2 Å². The molecule has 1 aromatic rings. The van der Waals surface area contributed by atoms with Gasteiger partial charge in [-0.05, 0) is 30.7 Å². The maximum atomic E-state index is 6.04. The van der Waals surface area contributed by atoms with Gasteiger partial charge >= 0.3 is 0 Å². The summed E-state index contributed by atoms with van der Waals surface area (Å²) < 4.78 is 10.8. The molecule has 0 amide bonds. The summed E-state index contributed by atoms with van der Waals surface area (Å²) in [5, 5.41) is 4.15. The Hall–Kier alpha value is -0.770. The number of hydrogen-bond acceptors (Lipinski definition) is 3. The molecular weight excluding hydrogens is 262 g/mol. The van der Waals surface area contributed by atoms with Crippen LogP contribution in [0.15, 0.2) is 18.2 Å². The van der Waals surface area contributed by atoms with E-state index in [4.69, 9.17) is 21.1 Å². The molecule has 1 rings (SSSR count). The van der Waals surface area contributed by atoms with E-state index in [9.17, 15) is 0 Å². The van der Waals surface area contributed by atoms with Gasteiger partial charge in [-0.15, -0.1) is 0 Å².